The molecular weight excluding hydrogens is 208 g/mol. The van der Waals surface area contributed by atoms with Crippen LogP contribution in [0.3, 0.4) is 0 Å². The van der Waals surface area contributed by atoms with Crippen LogP contribution in [0.1, 0.15) is 25.3 Å². The number of aromatic nitrogens is 1. The Labute approximate surface area is 96.3 Å². The lowest BCUT2D eigenvalue weighted by Gasteiger charge is -2.27. The fourth-order valence-corrected chi connectivity index (χ4v) is 2.15. The molecule has 2 nitrogen and oxygen atoms in total. The molecule has 0 spiro atoms. The summed E-state index contributed by atoms with van der Waals surface area (Å²) >= 11 is 5.91. The number of anilines is 1. The number of alkyl halides is 1. The minimum absolute atomic E-state index is 0.533. The summed E-state index contributed by atoms with van der Waals surface area (Å²) in [5, 5.41) is 0. The highest BCUT2D eigenvalue weighted by Gasteiger charge is 2.31. The third-order valence-electron chi connectivity index (χ3n) is 3.26. The number of halogens is 1. The predicted molar refractivity (Wildman–Crippen MR) is 64.4 cm³/mol. The van der Waals surface area contributed by atoms with Crippen LogP contribution in [-0.4, -0.2) is 18.1 Å². The summed E-state index contributed by atoms with van der Waals surface area (Å²) in [5.41, 5.74) is 1.12. The average Bonchev–Trinajstić information content (AvgIpc) is 3.11. The smallest absolute Gasteiger partial charge is 0.132 e. The second kappa shape index (κ2) is 4.40. The third-order valence-corrected chi connectivity index (χ3v) is 3.55. The van der Waals surface area contributed by atoms with E-state index in [0.29, 0.717) is 11.9 Å². The third kappa shape index (κ3) is 2.25. The van der Waals surface area contributed by atoms with Crippen LogP contribution in [0.15, 0.2) is 18.3 Å². The van der Waals surface area contributed by atoms with Crippen LogP contribution in [0.25, 0.3) is 0 Å². The molecule has 1 saturated carbocycles. The molecule has 0 bridgehead atoms. The van der Waals surface area contributed by atoms with Gasteiger partial charge in [0.25, 0.3) is 0 Å². The number of pyridine rings is 1. The first-order valence-corrected chi connectivity index (χ1v) is 6.00. The van der Waals surface area contributed by atoms with Gasteiger partial charge in [-0.05, 0) is 31.7 Å². The van der Waals surface area contributed by atoms with Crippen molar-refractivity contribution in [1.29, 1.82) is 0 Å². The maximum Gasteiger partial charge on any atom is 0.132 e. The zero-order valence-corrected chi connectivity index (χ0v) is 10.0. The fourth-order valence-electron chi connectivity index (χ4n) is 1.94. The number of rotatable bonds is 4. The summed E-state index contributed by atoms with van der Waals surface area (Å²) in [4.78, 5) is 6.68. The van der Waals surface area contributed by atoms with Crippen molar-refractivity contribution in [2.75, 3.05) is 11.9 Å². The van der Waals surface area contributed by atoms with Gasteiger partial charge in [-0.1, -0.05) is 6.07 Å². The molecule has 0 aliphatic heterocycles. The van der Waals surface area contributed by atoms with E-state index in [0.717, 1.165) is 17.3 Å². The largest absolute Gasteiger partial charge is 0.356 e. The average molecular weight is 225 g/mol. The summed E-state index contributed by atoms with van der Waals surface area (Å²) in [7, 11) is 2.11. The van der Waals surface area contributed by atoms with E-state index in [4.69, 9.17) is 11.6 Å². The summed E-state index contributed by atoms with van der Waals surface area (Å²) in [6, 6.07) is 4.56. The molecule has 82 valence electrons. The summed E-state index contributed by atoms with van der Waals surface area (Å²) in [5.74, 6) is 2.41. The molecule has 1 aliphatic rings. The molecule has 0 saturated heterocycles. The van der Waals surface area contributed by atoms with Gasteiger partial charge < -0.3 is 4.90 Å². The van der Waals surface area contributed by atoms with E-state index in [1.807, 2.05) is 18.3 Å². The first-order valence-electron chi connectivity index (χ1n) is 5.46. The predicted octanol–water partition coefficient (Wildman–Crippen LogP) is 3.06. The first kappa shape index (κ1) is 10.7. The van der Waals surface area contributed by atoms with Crippen molar-refractivity contribution in [3.05, 3.63) is 23.9 Å². The Morgan fingerprint density at radius 3 is 2.93 bits per heavy atom. The molecule has 1 unspecified atom stereocenters. The maximum absolute atomic E-state index is 5.91. The van der Waals surface area contributed by atoms with Gasteiger partial charge in [-0.3, -0.25) is 0 Å². The Bertz CT molecular complexity index is 336. The lowest BCUT2D eigenvalue weighted by atomic mass is 10.1. The second-order valence-corrected chi connectivity index (χ2v) is 4.58. The monoisotopic (exact) mass is 224 g/mol. The van der Waals surface area contributed by atoms with E-state index >= 15 is 0 Å². The molecular formula is C12H17ClN2. The van der Waals surface area contributed by atoms with Crippen LogP contribution in [0.4, 0.5) is 5.82 Å². The molecule has 1 atom stereocenters. The maximum atomic E-state index is 5.91. The second-order valence-electron chi connectivity index (χ2n) is 4.31. The van der Waals surface area contributed by atoms with Crippen molar-refractivity contribution in [2.24, 2.45) is 5.92 Å². The lowest BCUT2D eigenvalue weighted by molar-refractivity contribution is 0.602. The van der Waals surface area contributed by atoms with E-state index in [2.05, 4.69) is 23.9 Å². The number of hydrogen-bond acceptors (Lipinski definition) is 2. The molecule has 0 aromatic carbocycles. The summed E-state index contributed by atoms with van der Waals surface area (Å²) in [6.45, 7) is 2.27. The van der Waals surface area contributed by atoms with Crippen molar-refractivity contribution >= 4 is 17.4 Å². The molecule has 0 amide bonds. The van der Waals surface area contributed by atoms with E-state index in [1.54, 1.807) is 0 Å². The molecule has 1 aromatic heterocycles. The highest BCUT2D eigenvalue weighted by atomic mass is 35.5. The molecule has 1 fully saturated rings. The van der Waals surface area contributed by atoms with Crippen LogP contribution in [0.2, 0.25) is 0 Å². The Kier molecular flexibility index (Phi) is 3.15. The normalized spacial score (nSPS) is 17.5. The zero-order valence-electron chi connectivity index (χ0n) is 9.28. The van der Waals surface area contributed by atoms with Crippen molar-refractivity contribution in [2.45, 2.75) is 31.7 Å². The van der Waals surface area contributed by atoms with Gasteiger partial charge in [0.05, 0.1) is 5.88 Å². The number of hydrogen-bond donors (Lipinski definition) is 0. The van der Waals surface area contributed by atoms with Crippen molar-refractivity contribution in [3.63, 3.8) is 0 Å². The topological polar surface area (TPSA) is 16.1 Å². The van der Waals surface area contributed by atoms with Gasteiger partial charge >= 0.3 is 0 Å². The quantitative estimate of drug-likeness (QED) is 0.731. The van der Waals surface area contributed by atoms with Gasteiger partial charge in [-0.15, -0.1) is 11.6 Å². The van der Waals surface area contributed by atoms with Crippen LogP contribution < -0.4 is 4.90 Å². The Morgan fingerprint density at radius 1 is 1.60 bits per heavy atom. The molecule has 1 aliphatic carbocycles. The molecule has 0 N–H and O–H groups in total. The van der Waals surface area contributed by atoms with Gasteiger partial charge in [0, 0.05) is 24.8 Å². The van der Waals surface area contributed by atoms with Gasteiger partial charge in [0.15, 0.2) is 0 Å². The highest BCUT2D eigenvalue weighted by molar-refractivity contribution is 6.17. The highest BCUT2D eigenvalue weighted by Crippen LogP contribution is 2.36. The molecule has 2 rings (SSSR count). The standard InChI is InChI=1S/C12H17ClN2/c1-9(10-5-6-10)15(2)12-11(8-13)4-3-7-14-12/h3-4,7,9-10H,5-6,8H2,1-2H3. The van der Waals surface area contributed by atoms with E-state index < -0.39 is 0 Å². The zero-order chi connectivity index (χ0) is 10.8. The fraction of sp³-hybridized carbons (Fsp3) is 0.583. The van der Waals surface area contributed by atoms with Crippen molar-refractivity contribution < 1.29 is 0 Å². The van der Waals surface area contributed by atoms with Crippen molar-refractivity contribution in [3.8, 4) is 0 Å². The molecule has 3 heteroatoms. The van der Waals surface area contributed by atoms with Crippen LogP contribution in [-0.2, 0) is 5.88 Å². The minimum atomic E-state index is 0.533. The Hall–Kier alpha value is -0.760. The van der Waals surface area contributed by atoms with Crippen LogP contribution in [0.5, 0.6) is 0 Å². The lowest BCUT2D eigenvalue weighted by Crippen LogP contribution is -2.32. The van der Waals surface area contributed by atoms with Crippen LogP contribution >= 0.6 is 11.6 Å². The number of nitrogens with zero attached hydrogens (tertiary/aromatic N) is 2. The Balaban J connectivity index is 2.19. The molecule has 1 heterocycles. The van der Waals surface area contributed by atoms with E-state index in [1.165, 1.54) is 12.8 Å². The molecule has 15 heavy (non-hydrogen) atoms. The summed E-state index contributed by atoms with van der Waals surface area (Å²) in [6.07, 6.45) is 4.55. The summed E-state index contributed by atoms with van der Waals surface area (Å²) < 4.78 is 0. The van der Waals surface area contributed by atoms with Crippen molar-refractivity contribution in [1.82, 2.24) is 4.98 Å². The Morgan fingerprint density at radius 2 is 2.33 bits per heavy atom. The van der Waals surface area contributed by atoms with Gasteiger partial charge in [0.2, 0.25) is 0 Å². The molecule has 1 aromatic rings. The van der Waals surface area contributed by atoms with E-state index in [9.17, 15) is 0 Å². The molecule has 0 radical (unpaired) electrons. The SMILES string of the molecule is CC(C1CC1)N(C)c1ncccc1CCl. The van der Waals surface area contributed by atoms with Gasteiger partial charge in [-0.2, -0.15) is 0 Å². The van der Waals surface area contributed by atoms with Gasteiger partial charge in [-0.25, -0.2) is 4.98 Å². The first-order chi connectivity index (χ1) is 7.24. The van der Waals surface area contributed by atoms with Gasteiger partial charge in [0.1, 0.15) is 5.82 Å². The van der Waals surface area contributed by atoms with E-state index in [-0.39, 0.29) is 0 Å². The van der Waals surface area contributed by atoms with Crippen LogP contribution in [0, 0.1) is 5.92 Å². The minimum Gasteiger partial charge on any atom is -0.356 e.